The molecule has 3 rings (SSSR count). The number of nitrogens with one attached hydrogen (secondary N) is 1. The molecule has 7 heteroatoms. The van der Waals surface area contributed by atoms with Crippen molar-refractivity contribution in [2.24, 2.45) is 11.8 Å². The number of benzene rings is 1. The number of esters is 1. The van der Waals surface area contributed by atoms with Gasteiger partial charge in [-0.25, -0.2) is 4.79 Å². The molecule has 2 atom stereocenters. The van der Waals surface area contributed by atoms with Crippen LogP contribution in [0.5, 0.6) is 0 Å². The number of aryl methyl sites for hydroxylation is 1. The maximum atomic E-state index is 12.9. The van der Waals surface area contributed by atoms with Crippen LogP contribution in [0.4, 0.5) is 5.00 Å². The SMILES string of the molecule is CCCOC(=O)c1c(-c2ccc(C)cc2)csc1NC(=O)[C@@H]1CC=CC[C@H]1C(=O)O. The molecule has 1 amide bonds. The lowest BCUT2D eigenvalue weighted by Gasteiger charge is -2.24. The van der Waals surface area contributed by atoms with Crippen LogP contribution in [-0.4, -0.2) is 29.6 Å². The Labute approximate surface area is 179 Å². The van der Waals surface area contributed by atoms with Crippen molar-refractivity contribution < 1.29 is 24.2 Å². The van der Waals surface area contributed by atoms with E-state index in [2.05, 4.69) is 5.32 Å². The quantitative estimate of drug-likeness (QED) is 0.484. The second kappa shape index (κ2) is 9.71. The van der Waals surface area contributed by atoms with E-state index in [1.165, 1.54) is 11.3 Å². The summed E-state index contributed by atoms with van der Waals surface area (Å²) in [7, 11) is 0. The predicted molar refractivity (Wildman–Crippen MR) is 117 cm³/mol. The Morgan fingerprint density at radius 3 is 2.43 bits per heavy atom. The van der Waals surface area contributed by atoms with E-state index in [1.54, 1.807) is 6.08 Å². The van der Waals surface area contributed by atoms with Gasteiger partial charge < -0.3 is 15.2 Å². The van der Waals surface area contributed by atoms with Gasteiger partial charge in [0.1, 0.15) is 10.6 Å². The van der Waals surface area contributed by atoms with Crippen LogP contribution in [0.25, 0.3) is 11.1 Å². The highest BCUT2D eigenvalue weighted by Crippen LogP contribution is 2.37. The maximum absolute atomic E-state index is 12.9. The first kappa shape index (κ1) is 21.8. The zero-order valence-corrected chi connectivity index (χ0v) is 17.8. The molecule has 1 heterocycles. The Hall–Kier alpha value is -2.93. The van der Waals surface area contributed by atoms with Crippen molar-refractivity contribution in [2.45, 2.75) is 33.1 Å². The first-order chi connectivity index (χ1) is 14.4. The summed E-state index contributed by atoms with van der Waals surface area (Å²) in [6.45, 7) is 4.17. The summed E-state index contributed by atoms with van der Waals surface area (Å²) in [6, 6.07) is 7.76. The third kappa shape index (κ3) is 4.79. The molecule has 1 aliphatic rings. The van der Waals surface area contributed by atoms with Gasteiger partial charge in [-0.1, -0.05) is 48.9 Å². The first-order valence-corrected chi connectivity index (χ1v) is 10.8. The van der Waals surface area contributed by atoms with Gasteiger partial charge in [0, 0.05) is 10.9 Å². The van der Waals surface area contributed by atoms with Gasteiger partial charge in [-0.15, -0.1) is 11.3 Å². The number of carboxylic acids is 1. The van der Waals surface area contributed by atoms with E-state index in [-0.39, 0.29) is 6.61 Å². The molecule has 0 saturated carbocycles. The van der Waals surface area contributed by atoms with Crippen molar-refractivity contribution in [3.63, 3.8) is 0 Å². The number of hydrogen-bond donors (Lipinski definition) is 2. The lowest BCUT2D eigenvalue weighted by molar-refractivity contribution is -0.146. The lowest BCUT2D eigenvalue weighted by Crippen LogP contribution is -2.34. The number of thiophene rings is 1. The molecule has 1 aliphatic carbocycles. The summed E-state index contributed by atoms with van der Waals surface area (Å²) in [6.07, 6.45) is 4.97. The molecule has 0 saturated heterocycles. The first-order valence-electron chi connectivity index (χ1n) is 9.96. The van der Waals surface area contributed by atoms with Crippen LogP contribution >= 0.6 is 11.3 Å². The Balaban J connectivity index is 1.92. The number of carboxylic acid groups (broad SMARTS) is 1. The van der Waals surface area contributed by atoms with E-state index in [0.29, 0.717) is 35.4 Å². The molecule has 0 aliphatic heterocycles. The molecule has 0 spiro atoms. The summed E-state index contributed by atoms with van der Waals surface area (Å²) < 4.78 is 5.36. The van der Waals surface area contributed by atoms with Gasteiger partial charge in [-0.3, -0.25) is 9.59 Å². The highest BCUT2D eigenvalue weighted by Gasteiger charge is 2.35. The van der Waals surface area contributed by atoms with Crippen molar-refractivity contribution in [3.8, 4) is 11.1 Å². The van der Waals surface area contributed by atoms with Crippen molar-refractivity contribution in [2.75, 3.05) is 11.9 Å². The third-order valence-corrected chi connectivity index (χ3v) is 6.01. The van der Waals surface area contributed by atoms with Crippen molar-refractivity contribution in [3.05, 3.63) is 52.9 Å². The summed E-state index contributed by atoms with van der Waals surface area (Å²) in [5, 5.41) is 14.5. The van der Waals surface area contributed by atoms with Crippen molar-refractivity contribution >= 4 is 34.2 Å². The van der Waals surface area contributed by atoms with E-state index in [1.807, 2.05) is 49.6 Å². The van der Waals surface area contributed by atoms with E-state index in [0.717, 1.165) is 11.1 Å². The van der Waals surface area contributed by atoms with Gasteiger partial charge in [0.25, 0.3) is 0 Å². The largest absolute Gasteiger partial charge is 0.481 e. The Morgan fingerprint density at radius 2 is 1.80 bits per heavy atom. The van der Waals surface area contributed by atoms with Crippen LogP contribution in [0.1, 0.15) is 42.1 Å². The minimum atomic E-state index is -0.992. The Morgan fingerprint density at radius 1 is 1.13 bits per heavy atom. The molecule has 1 aromatic carbocycles. The molecule has 2 aromatic rings. The van der Waals surface area contributed by atoms with Crippen LogP contribution in [0.3, 0.4) is 0 Å². The smallest absolute Gasteiger partial charge is 0.341 e. The average molecular weight is 428 g/mol. The van der Waals surface area contributed by atoms with E-state index in [9.17, 15) is 19.5 Å². The standard InChI is InChI=1S/C23H25NO5S/c1-3-12-29-23(28)19-18(15-10-8-14(2)9-11-15)13-30-21(19)24-20(25)16-6-4-5-7-17(16)22(26)27/h4-5,8-11,13,16-17H,3,6-7,12H2,1-2H3,(H,24,25)(H,26,27)/t16-,17-/m1/s1. The third-order valence-electron chi connectivity index (χ3n) is 5.12. The number of anilines is 1. The number of allylic oxidation sites excluding steroid dienone is 2. The predicted octanol–water partition coefficient (Wildman–Crippen LogP) is 4.90. The average Bonchev–Trinajstić information content (AvgIpc) is 3.16. The molecule has 30 heavy (non-hydrogen) atoms. The fraction of sp³-hybridized carbons (Fsp3) is 0.348. The highest BCUT2D eigenvalue weighted by atomic mass is 32.1. The zero-order chi connectivity index (χ0) is 21.7. The lowest BCUT2D eigenvalue weighted by atomic mass is 9.82. The molecule has 0 radical (unpaired) electrons. The van der Waals surface area contributed by atoms with Crippen LogP contribution in [0, 0.1) is 18.8 Å². The molecular weight excluding hydrogens is 402 g/mol. The summed E-state index contributed by atoms with van der Waals surface area (Å²) in [5.41, 5.74) is 2.95. The highest BCUT2D eigenvalue weighted by molar-refractivity contribution is 7.15. The van der Waals surface area contributed by atoms with Gasteiger partial charge in [-0.05, 0) is 31.7 Å². The number of carbonyl (C=O) groups is 3. The molecule has 6 nitrogen and oxygen atoms in total. The zero-order valence-electron chi connectivity index (χ0n) is 17.0. The minimum absolute atomic E-state index is 0.282. The monoisotopic (exact) mass is 427 g/mol. The Kier molecular flexibility index (Phi) is 7.05. The second-order valence-corrected chi connectivity index (χ2v) is 8.22. The summed E-state index contributed by atoms with van der Waals surface area (Å²) in [4.78, 5) is 37.3. The van der Waals surface area contributed by atoms with Gasteiger partial charge in [-0.2, -0.15) is 0 Å². The second-order valence-electron chi connectivity index (χ2n) is 7.34. The van der Waals surface area contributed by atoms with Crippen LogP contribution < -0.4 is 5.32 Å². The normalized spacial score (nSPS) is 18.1. The van der Waals surface area contributed by atoms with Crippen LogP contribution in [0.15, 0.2) is 41.8 Å². The number of aliphatic carboxylic acids is 1. The van der Waals surface area contributed by atoms with Gasteiger partial charge in [0.2, 0.25) is 5.91 Å². The maximum Gasteiger partial charge on any atom is 0.341 e. The molecular formula is C23H25NO5S. The van der Waals surface area contributed by atoms with E-state index >= 15 is 0 Å². The number of amides is 1. The number of rotatable bonds is 7. The molecule has 0 bridgehead atoms. The van der Waals surface area contributed by atoms with Crippen molar-refractivity contribution in [1.82, 2.24) is 0 Å². The number of carbonyl (C=O) groups excluding carboxylic acids is 2. The molecule has 2 N–H and O–H groups in total. The molecule has 158 valence electrons. The van der Waals surface area contributed by atoms with Crippen molar-refractivity contribution in [1.29, 1.82) is 0 Å². The van der Waals surface area contributed by atoms with E-state index < -0.39 is 29.7 Å². The summed E-state index contributed by atoms with van der Waals surface area (Å²) >= 11 is 1.24. The summed E-state index contributed by atoms with van der Waals surface area (Å²) in [5.74, 6) is -3.34. The number of ether oxygens (including phenoxy) is 1. The fourth-order valence-electron chi connectivity index (χ4n) is 3.45. The number of hydrogen-bond acceptors (Lipinski definition) is 5. The molecule has 0 unspecified atom stereocenters. The molecule has 0 fully saturated rings. The van der Waals surface area contributed by atoms with E-state index in [4.69, 9.17) is 4.74 Å². The fourth-order valence-corrected chi connectivity index (χ4v) is 4.41. The van der Waals surface area contributed by atoms with Crippen LogP contribution in [-0.2, 0) is 14.3 Å². The topological polar surface area (TPSA) is 92.7 Å². The van der Waals surface area contributed by atoms with Gasteiger partial charge in [0.15, 0.2) is 0 Å². The van der Waals surface area contributed by atoms with Gasteiger partial charge in [0.05, 0.1) is 18.4 Å². The molecule has 1 aromatic heterocycles. The van der Waals surface area contributed by atoms with Gasteiger partial charge >= 0.3 is 11.9 Å². The minimum Gasteiger partial charge on any atom is -0.481 e. The Bertz CT molecular complexity index is 960. The van der Waals surface area contributed by atoms with Crippen LogP contribution in [0.2, 0.25) is 0 Å².